The second-order valence-electron chi connectivity index (χ2n) is 4.34. The Kier molecular flexibility index (Phi) is 3.28. The molecule has 78 valence electrons. The number of aryl methyl sites for hydroxylation is 1. The summed E-state index contributed by atoms with van der Waals surface area (Å²) < 4.78 is 0. The molecule has 0 aliphatic carbocycles. The SMILES string of the molecule is CSc1cc(C)c(C)c(C(C)(C)N)c1. The maximum Gasteiger partial charge on any atom is 0.0355 e. The largest absolute Gasteiger partial charge is 0.322 e. The van der Waals surface area contributed by atoms with E-state index in [9.17, 15) is 0 Å². The van der Waals surface area contributed by atoms with Gasteiger partial charge in [-0.25, -0.2) is 0 Å². The minimum Gasteiger partial charge on any atom is -0.322 e. The van der Waals surface area contributed by atoms with Gasteiger partial charge in [-0.2, -0.15) is 0 Å². The Morgan fingerprint density at radius 2 is 1.79 bits per heavy atom. The van der Waals surface area contributed by atoms with E-state index in [1.165, 1.54) is 21.6 Å². The Morgan fingerprint density at radius 3 is 2.21 bits per heavy atom. The van der Waals surface area contributed by atoms with Crippen LogP contribution in [-0.4, -0.2) is 6.26 Å². The lowest BCUT2D eigenvalue weighted by Crippen LogP contribution is -2.29. The van der Waals surface area contributed by atoms with E-state index in [4.69, 9.17) is 5.73 Å². The van der Waals surface area contributed by atoms with E-state index in [2.05, 4.69) is 46.1 Å². The average molecular weight is 209 g/mol. The molecule has 0 amide bonds. The van der Waals surface area contributed by atoms with Crippen LogP contribution in [0.25, 0.3) is 0 Å². The molecule has 0 bridgehead atoms. The Balaban J connectivity index is 3.35. The van der Waals surface area contributed by atoms with E-state index in [1.807, 2.05) is 0 Å². The zero-order valence-electron chi connectivity index (χ0n) is 9.64. The predicted octanol–water partition coefficient (Wildman–Crippen LogP) is 3.22. The minimum absolute atomic E-state index is 0.249. The highest BCUT2D eigenvalue weighted by Crippen LogP contribution is 2.28. The standard InChI is InChI=1S/C12H19NS/c1-8-6-10(14-5)7-11(9(8)2)12(3,4)13/h6-7H,13H2,1-5H3. The highest BCUT2D eigenvalue weighted by molar-refractivity contribution is 7.98. The highest BCUT2D eigenvalue weighted by atomic mass is 32.2. The Hall–Kier alpha value is -0.470. The lowest BCUT2D eigenvalue weighted by molar-refractivity contribution is 0.548. The first-order chi connectivity index (χ1) is 6.36. The van der Waals surface area contributed by atoms with Crippen LogP contribution in [0.5, 0.6) is 0 Å². The van der Waals surface area contributed by atoms with Gasteiger partial charge >= 0.3 is 0 Å². The first-order valence-corrected chi connectivity index (χ1v) is 6.03. The van der Waals surface area contributed by atoms with Crippen LogP contribution in [0, 0.1) is 13.8 Å². The molecule has 1 nitrogen and oxygen atoms in total. The van der Waals surface area contributed by atoms with Crippen molar-refractivity contribution in [2.45, 2.75) is 38.1 Å². The molecule has 0 radical (unpaired) electrons. The van der Waals surface area contributed by atoms with E-state index < -0.39 is 0 Å². The van der Waals surface area contributed by atoms with Crippen LogP contribution in [-0.2, 0) is 5.54 Å². The van der Waals surface area contributed by atoms with Gasteiger partial charge in [0.25, 0.3) is 0 Å². The third kappa shape index (κ3) is 2.31. The van der Waals surface area contributed by atoms with Gasteiger partial charge in [-0.05, 0) is 62.8 Å². The minimum atomic E-state index is -0.249. The topological polar surface area (TPSA) is 26.0 Å². The fourth-order valence-electron chi connectivity index (χ4n) is 1.61. The molecule has 1 rings (SSSR count). The van der Waals surface area contributed by atoms with Crippen molar-refractivity contribution in [1.29, 1.82) is 0 Å². The smallest absolute Gasteiger partial charge is 0.0355 e. The second-order valence-corrected chi connectivity index (χ2v) is 5.22. The molecule has 0 fully saturated rings. The lowest BCUT2D eigenvalue weighted by atomic mass is 9.89. The molecule has 0 heterocycles. The maximum atomic E-state index is 6.14. The summed E-state index contributed by atoms with van der Waals surface area (Å²) in [6.07, 6.45) is 2.09. The van der Waals surface area contributed by atoms with E-state index in [1.54, 1.807) is 11.8 Å². The summed E-state index contributed by atoms with van der Waals surface area (Å²) in [7, 11) is 0. The van der Waals surface area contributed by atoms with Crippen LogP contribution in [0.1, 0.15) is 30.5 Å². The van der Waals surface area contributed by atoms with Crippen LogP contribution < -0.4 is 5.73 Å². The molecule has 2 heteroatoms. The summed E-state index contributed by atoms with van der Waals surface area (Å²) >= 11 is 1.77. The quantitative estimate of drug-likeness (QED) is 0.757. The number of thioether (sulfide) groups is 1. The Bertz CT molecular complexity index is 337. The van der Waals surface area contributed by atoms with Crippen molar-refractivity contribution in [2.24, 2.45) is 5.73 Å². The van der Waals surface area contributed by atoms with Crippen LogP contribution >= 0.6 is 11.8 Å². The van der Waals surface area contributed by atoms with Crippen molar-refractivity contribution >= 4 is 11.8 Å². The number of hydrogen-bond donors (Lipinski definition) is 1. The number of rotatable bonds is 2. The van der Waals surface area contributed by atoms with Gasteiger partial charge in [0, 0.05) is 10.4 Å². The fourth-order valence-corrected chi connectivity index (χ4v) is 2.14. The van der Waals surface area contributed by atoms with Crippen molar-refractivity contribution in [3.8, 4) is 0 Å². The molecular weight excluding hydrogens is 190 g/mol. The first kappa shape index (κ1) is 11.6. The lowest BCUT2D eigenvalue weighted by Gasteiger charge is -2.23. The van der Waals surface area contributed by atoms with Crippen molar-refractivity contribution in [3.05, 3.63) is 28.8 Å². The second kappa shape index (κ2) is 3.95. The molecule has 0 aliphatic rings. The number of hydrogen-bond acceptors (Lipinski definition) is 2. The zero-order chi connectivity index (χ0) is 10.9. The van der Waals surface area contributed by atoms with E-state index in [0.717, 1.165) is 0 Å². The van der Waals surface area contributed by atoms with Crippen molar-refractivity contribution in [2.75, 3.05) is 6.26 Å². The molecule has 0 atom stereocenters. The summed E-state index contributed by atoms with van der Waals surface area (Å²) in [5, 5.41) is 0. The predicted molar refractivity (Wildman–Crippen MR) is 64.9 cm³/mol. The van der Waals surface area contributed by atoms with Crippen LogP contribution in [0.4, 0.5) is 0 Å². The van der Waals surface area contributed by atoms with Crippen LogP contribution in [0.3, 0.4) is 0 Å². The van der Waals surface area contributed by atoms with Gasteiger partial charge in [-0.1, -0.05) is 0 Å². The van der Waals surface area contributed by atoms with Crippen molar-refractivity contribution in [3.63, 3.8) is 0 Å². The molecule has 0 aliphatic heterocycles. The van der Waals surface area contributed by atoms with E-state index in [0.29, 0.717) is 0 Å². The van der Waals surface area contributed by atoms with Gasteiger partial charge < -0.3 is 5.73 Å². The van der Waals surface area contributed by atoms with Gasteiger partial charge in [0.2, 0.25) is 0 Å². The molecule has 0 unspecified atom stereocenters. The maximum absolute atomic E-state index is 6.14. The molecule has 0 saturated carbocycles. The van der Waals surface area contributed by atoms with Crippen LogP contribution in [0.15, 0.2) is 17.0 Å². The van der Waals surface area contributed by atoms with Crippen LogP contribution in [0.2, 0.25) is 0 Å². The van der Waals surface area contributed by atoms with Gasteiger partial charge in [0.15, 0.2) is 0 Å². The van der Waals surface area contributed by atoms with Crippen molar-refractivity contribution < 1.29 is 0 Å². The summed E-state index contributed by atoms with van der Waals surface area (Å²) in [5.74, 6) is 0. The molecule has 1 aromatic carbocycles. The molecular formula is C12H19NS. The Morgan fingerprint density at radius 1 is 1.21 bits per heavy atom. The van der Waals surface area contributed by atoms with Gasteiger partial charge in [0.05, 0.1) is 0 Å². The molecule has 0 saturated heterocycles. The Labute approximate surface area is 91.1 Å². The van der Waals surface area contributed by atoms with Gasteiger partial charge in [-0.3, -0.25) is 0 Å². The van der Waals surface area contributed by atoms with E-state index in [-0.39, 0.29) is 5.54 Å². The third-order valence-electron chi connectivity index (χ3n) is 2.57. The fraction of sp³-hybridized carbons (Fsp3) is 0.500. The molecule has 0 spiro atoms. The third-order valence-corrected chi connectivity index (χ3v) is 3.28. The summed E-state index contributed by atoms with van der Waals surface area (Å²) in [5.41, 5.74) is 9.78. The zero-order valence-corrected chi connectivity index (χ0v) is 10.5. The molecule has 2 N–H and O–H groups in total. The average Bonchev–Trinajstić information content (AvgIpc) is 2.07. The van der Waals surface area contributed by atoms with E-state index >= 15 is 0 Å². The summed E-state index contributed by atoms with van der Waals surface area (Å²) in [6, 6.07) is 4.42. The summed E-state index contributed by atoms with van der Waals surface area (Å²) in [4.78, 5) is 1.29. The number of benzene rings is 1. The summed E-state index contributed by atoms with van der Waals surface area (Å²) in [6.45, 7) is 8.39. The first-order valence-electron chi connectivity index (χ1n) is 4.81. The number of nitrogens with two attached hydrogens (primary N) is 1. The normalized spacial score (nSPS) is 11.9. The molecule has 14 heavy (non-hydrogen) atoms. The van der Waals surface area contributed by atoms with Gasteiger partial charge in [0.1, 0.15) is 0 Å². The monoisotopic (exact) mass is 209 g/mol. The molecule has 0 aromatic heterocycles. The van der Waals surface area contributed by atoms with Crippen molar-refractivity contribution in [1.82, 2.24) is 0 Å². The van der Waals surface area contributed by atoms with Gasteiger partial charge in [-0.15, -0.1) is 11.8 Å². The highest BCUT2D eigenvalue weighted by Gasteiger charge is 2.18. The molecule has 1 aromatic rings.